The van der Waals surface area contributed by atoms with Crippen LogP contribution in [0.4, 0.5) is 11.6 Å². The Labute approximate surface area is 184 Å². The Morgan fingerprint density at radius 2 is 1.81 bits per heavy atom. The van der Waals surface area contributed by atoms with Gasteiger partial charge < -0.3 is 15.0 Å². The Morgan fingerprint density at radius 3 is 2.48 bits per heavy atom. The van der Waals surface area contributed by atoms with E-state index in [1.807, 2.05) is 18.7 Å². The predicted octanol–water partition coefficient (Wildman–Crippen LogP) is 2.81. The first-order valence-electron chi connectivity index (χ1n) is 12.3. The summed E-state index contributed by atoms with van der Waals surface area (Å²) >= 11 is 0. The molecule has 0 aromatic carbocycles. The highest BCUT2D eigenvalue weighted by atomic mass is 16.5. The summed E-state index contributed by atoms with van der Waals surface area (Å²) in [5.41, 5.74) is 0.518. The van der Waals surface area contributed by atoms with Crippen LogP contribution in [0.1, 0.15) is 57.9 Å². The molecule has 6 rings (SSSR count). The number of fused-ring (bicyclic) bond motifs is 2. The first-order chi connectivity index (χ1) is 15.0. The molecule has 0 spiro atoms. The number of aromatic nitrogens is 2. The van der Waals surface area contributed by atoms with Crippen LogP contribution in [0, 0.1) is 17.8 Å². The number of nitrogens with one attached hydrogen (secondary N) is 1. The van der Waals surface area contributed by atoms with Crippen molar-refractivity contribution < 1.29 is 9.53 Å². The van der Waals surface area contributed by atoms with Crippen molar-refractivity contribution in [3.8, 4) is 0 Å². The molecule has 2 aliphatic carbocycles. The van der Waals surface area contributed by atoms with Crippen LogP contribution in [-0.4, -0.2) is 65.9 Å². The van der Waals surface area contributed by atoms with Crippen molar-refractivity contribution in [3.63, 3.8) is 0 Å². The van der Waals surface area contributed by atoms with Gasteiger partial charge in [-0.3, -0.25) is 9.69 Å². The van der Waals surface area contributed by atoms with Gasteiger partial charge >= 0.3 is 0 Å². The minimum Gasteiger partial charge on any atom is -0.381 e. The molecule has 3 aliphatic heterocycles. The average Bonchev–Trinajstić information content (AvgIpc) is 3.37. The second-order valence-electron chi connectivity index (χ2n) is 11.1. The molecule has 4 heterocycles. The number of likely N-dealkylation sites (tertiary alicyclic amines) is 1. The van der Waals surface area contributed by atoms with Crippen molar-refractivity contribution in [1.82, 2.24) is 15.1 Å². The second-order valence-corrected chi connectivity index (χ2v) is 11.1. The number of hydrogen-bond donors (Lipinski definition) is 1. The van der Waals surface area contributed by atoms with Crippen LogP contribution in [0.25, 0.3) is 0 Å². The number of rotatable bonds is 5. The van der Waals surface area contributed by atoms with Gasteiger partial charge in [-0.25, -0.2) is 0 Å². The molecule has 4 fully saturated rings. The highest BCUT2D eigenvalue weighted by molar-refractivity contribution is 6.07. The minimum atomic E-state index is -0.513. The molecular formula is C24H35N5O2. The lowest BCUT2D eigenvalue weighted by atomic mass is 9.87. The van der Waals surface area contributed by atoms with Crippen LogP contribution in [0.5, 0.6) is 0 Å². The Hall–Kier alpha value is -1.73. The van der Waals surface area contributed by atoms with Crippen molar-refractivity contribution >= 4 is 17.5 Å². The summed E-state index contributed by atoms with van der Waals surface area (Å²) in [6, 6.07) is 2.89. The summed E-state index contributed by atoms with van der Waals surface area (Å²) in [5, 5.41) is 12.7. The molecule has 0 bridgehead atoms. The molecule has 7 nitrogen and oxygen atoms in total. The number of amides is 1. The summed E-state index contributed by atoms with van der Waals surface area (Å²) in [7, 11) is 0. The fourth-order valence-electron chi connectivity index (χ4n) is 6.44. The topological polar surface area (TPSA) is 70.6 Å². The molecule has 7 heteroatoms. The Balaban J connectivity index is 1.08. The third-order valence-electron chi connectivity index (χ3n) is 8.38. The van der Waals surface area contributed by atoms with Crippen LogP contribution in [0.2, 0.25) is 0 Å². The number of nitrogens with zero attached hydrogens (tertiary/aromatic N) is 4. The van der Waals surface area contributed by atoms with Crippen molar-refractivity contribution in [2.45, 2.75) is 69.9 Å². The molecule has 31 heavy (non-hydrogen) atoms. The van der Waals surface area contributed by atoms with Gasteiger partial charge in [-0.2, -0.15) is 0 Å². The fraction of sp³-hybridized carbons (Fsp3) is 0.792. The monoisotopic (exact) mass is 425 g/mol. The first kappa shape index (κ1) is 19.9. The largest absolute Gasteiger partial charge is 0.381 e. The zero-order valence-corrected chi connectivity index (χ0v) is 18.8. The maximum atomic E-state index is 13.0. The van der Waals surface area contributed by atoms with Gasteiger partial charge in [0, 0.05) is 50.5 Å². The first-order valence-corrected chi connectivity index (χ1v) is 12.3. The number of ether oxygens (including phenoxy) is 1. The molecule has 0 unspecified atom stereocenters. The molecule has 3 atom stereocenters. The van der Waals surface area contributed by atoms with Crippen molar-refractivity contribution in [2.75, 3.05) is 43.1 Å². The van der Waals surface area contributed by atoms with Gasteiger partial charge in [0.15, 0.2) is 5.82 Å². The third-order valence-corrected chi connectivity index (χ3v) is 8.38. The SMILES string of the molecule is CC1(C)C(=O)N(C2CC2)c2nnc(N[C@@H]3C[C@@H]4CN(CC5CCOCC5)C[C@@H]4C3)cc21. The van der Waals surface area contributed by atoms with E-state index in [-0.39, 0.29) is 5.91 Å². The smallest absolute Gasteiger partial charge is 0.238 e. The van der Waals surface area contributed by atoms with E-state index >= 15 is 0 Å². The minimum absolute atomic E-state index is 0.177. The molecule has 5 aliphatic rings. The molecule has 1 N–H and O–H groups in total. The standard InChI is InChI=1S/C24H35N5O2/c1-24(2)20-11-21(26-27-22(20)29(23(24)30)19-3-4-19)25-18-9-16-13-28(14-17(16)10-18)12-15-5-7-31-8-6-15/h11,15-19H,3-10,12-14H2,1-2H3,(H,25,26)/t16-,17+,18-. The molecule has 0 radical (unpaired) electrons. The van der Waals surface area contributed by atoms with E-state index in [1.165, 1.54) is 45.3 Å². The van der Waals surface area contributed by atoms with Gasteiger partial charge in [0.1, 0.15) is 5.82 Å². The van der Waals surface area contributed by atoms with E-state index in [0.29, 0.717) is 12.1 Å². The molecule has 168 valence electrons. The highest BCUT2D eigenvalue weighted by Crippen LogP contribution is 2.46. The zero-order chi connectivity index (χ0) is 21.2. The number of anilines is 2. The highest BCUT2D eigenvalue weighted by Gasteiger charge is 2.50. The molecule has 1 amide bonds. The summed E-state index contributed by atoms with van der Waals surface area (Å²) in [6.07, 6.45) is 7.04. The molecule has 2 saturated carbocycles. The second kappa shape index (κ2) is 7.41. The molecular weight excluding hydrogens is 390 g/mol. The molecule has 2 saturated heterocycles. The quantitative estimate of drug-likeness (QED) is 0.782. The van der Waals surface area contributed by atoms with E-state index in [4.69, 9.17) is 4.74 Å². The van der Waals surface area contributed by atoms with Gasteiger partial charge in [0.05, 0.1) is 5.41 Å². The van der Waals surface area contributed by atoms with E-state index < -0.39 is 5.41 Å². The van der Waals surface area contributed by atoms with E-state index in [0.717, 1.165) is 61.0 Å². The summed E-state index contributed by atoms with van der Waals surface area (Å²) in [6.45, 7) is 9.68. The van der Waals surface area contributed by atoms with Crippen molar-refractivity contribution in [3.05, 3.63) is 11.6 Å². The Bertz CT molecular complexity index is 850. The lowest BCUT2D eigenvalue weighted by molar-refractivity contribution is -0.122. The van der Waals surface area contributed by atoms with Gasteiger partial charge in [-0.1, -0.05) is 0 Å². The van der Waals surface area contributed by atoms with E-state index in [9.17, 15) is 4.79 Å². The van der Waals surface area contributed by atoms with Crippen LogP contribution < -0.4 is 10.2 Å². The lowest BCUT2D eigenvalue weighted by Crippen LogP contribution is -2.37. The number of carbonyl (C=O) groups excluding carboxylic acids is 1. The van der Waals surface area contributed by atoms with Crippen LogP contribution in [-0.2, 0) is 14.9 Å². The Morgan fingerprint density at radius 1 is 1.10 bits per heavy atom. The normalized spacial score (nSPS) is 33.0. The maximum Gasteiger partial charge on any atom is 0.238 e. The predicted molar refractivity (Wildman–Crippen MR) is 119 cm³/mol. The third kappa shape index (κ3) is 3.54. The molecule has 1 aromatic rings. The fourth-order valence-corrected chi connectivity index (χ4v) is 6.44. The van der Waals surface area contributed by atoms with Crippen molar-refractivity contribution in [2.24, 2.45) is 17.8 Å². The Kier molecular flexibility index (Phi) is 4.76. The summed E-state index contributed by atoms with van der Waals surface area (Å²) < 4.78 is 5.52. The maximum absolute atomic E-state index is 13.0. The van der Waals surface area contributed by atoms with Gasteiger partial charge in [0.25, 0.3) is 0 Å². The van der Waals surface area contributed by atoms with Gasteiger partial charge in [-0.05, 0) is 76.2 Å². The van der Waals surface area contributed by atoms with E-state index in [2.05, 4.69) is 26.5 Å². The lowest BCUT2D eigenvalue weighted by Gasteiger charge is -2.27. The number of carbonyl (C=O) groups is 1. The summed E-state index contributed by atoms with van der Waals surface area (Å²) in [5.74, 6) is 4.21. The van der Waals surface area contributed by atoms with E-state index in [1.54, 1.807) is 0 Å². The van der Waals surface area contributed by atoms with Crippen molar-refractivity contribution in [1.29, 1.82) is 0 Å². The van der Waals surface area contributed by atoms with Crippen LogP contribution in [0.15, 0.2) is 6.07 Å². The average molecular weight is 426 g/mol. The van der Waals surface area contributed by atoms with Crippen LogP contribution in [0.3, 0.4) is 0 Å². The zero-order valence-electron chi connectivity index (χ0n) is 18.8. The van der Waals surface area contributed by atoms with Gasteiger partial charge in [0.2, 0.25) is 5.91 Å². The van der Waals surface area contributed by atoms with Crippen LogP contribution >= 0.6 is 0 Å². The summed E-state index contributed by atoms with van der Waals surface area (Å²) in [4.78, 5) is 17.6. The number of hydrogen-bond acceptors (Lipinski definition) is 6. The molecule has 1 aromatic heterocycles. The van der Waals surface area contributed by atoms with Gasteiger partial charge in [-0.15, -0.1) is 10.2 Å².